The Morgan fingerprint density at radius 1 is 1.36 bits per heavy atom. The maximum absolute atomic E-state index is 5.83. The largest absolute Gasteiger partial charge is 0.327 e. The molecule has 1 heterocycles. The summed E-state index contributed by atoms with van der Waals surface area (Å²) in [4.78, 5) is 2.54. The molecule has 2 heteroatoms. The van der Waals surface area contributed by atoms with Crippen molar-refractivity contribution in [3.63, 3.8) is 0 Å². The summed E-state index contributed by atoms with van der Waals surface area (Å²) in [6.07, 6.45) is 6.96. The second kappa shape index (κ2) is 6.41. The van der Waals surface area contributed by atoms with Crippen LogP contribution >= 0.6 is 0 Å². The summed E-state index contributed by atoms with van der Waals surface area (Å²) in [6.45, 7) is 8.02. The van der Waals surface area contributed by atoms with Gasteiger partial charge in [-0.15, -0.1) is 0 Å². The third-order valence-electron chi connectivity index (χ3n) is 3.18. The van der Waals surface area contributed by atoms with Crippen LogP contribution in [0.1, 0.15) is 46.0 Å². The lowest BCUT2D eigenvalue weighted by Crippen LogP contribution is -2.36. The molecule has 0 aliphatic carbocycles. The lowest BCUT2D eigenvalue weighted by Gasteiger charge is -2.21. The Labute approximate surface area is 88.8 Å². The Bertz CT molecular complexity index is 145. The van der Waals surface area contributed by atoms with Crippen molar-refractivity contribution in [3.05, 3.63) is 0 Å². The van der Waals surface area contributed by atoms with Crippen LogP contribution in [0.15, 0.2) is 0 Å². The summed E-state index contributed by atoms with van der Waals surface area (Å²) in [7, 11) is 0. The van der Waals surface area contributed by atoms with Gasteiger partial charge in [0.1, 0.15) is 0 Å². The molecule has 84 valence electrons. The minimum Gasteiger partial charge on any atom is -0.327 e. The van der Waals surface area contributed by atoms with Crippen LogP contribution < -0.4 is 5.73 Å². The molecule has 1 rings (SSSR count). The molecule has 0 aromatic carbocycles. The zero-order valence-corrected chi connectivity index (χ0v) is 9.84. The topological polar surface area (TPSA) is 29.3 Å². The van der Waals surface area contributed by atoms with E-state index in [1.165, 1.54) is 45.2 Å². The van der Waals surface area contributed by atoms with Crippen molar-refractivity contribution >= 4 is 0 Å². The molecular formula is C12H26N2. The van der Waals surface area contributed by atoms with Crippen molar-refractivity contribution in [2.45, 2.75) is 52.0 Å². The van der Waals surface area contributed by atoms with E-state index in [-0.39, 0.29) is 0 Å². The first-order valence-corrected chi connectivity index (χ1v) is 6.20. The van der Waals surface area contributed by atoms with Crippen molar-refractivity contribution in [3.8, 4) is 0 Å². The van der Waals surface area contributed by atoms with Gasteiger partial charge < -0.3 is 10.6 Å². The van der Waals surface area contributed by atoms with Gasteiger partial charge in [0.15, 0.2) is 0 Å². The van der Waals surface area contributed by atoms with E-state index < -0.39 is 0 Å². The van der Waals surface area contributed by atoms with Crippen molar-refractivity contribution in [1.29, 1.82) is 0 Å². The van der Waals surface area contributed by atoms with Gasteiger partial charge in [-0.05, 0) is 45.2 Å². The zero-order chi connectivity index (χ0) is 10.4. The number of nitrogens with two attached hydrogens (primary N) is 1. The van der Waals surface area contributed by atoms with Crippen molar-refractivity contribution in [2.75, 3.05) is 19.6 Å². The van der Waals surface area contributed by atoms with Crippen LogP contribution in [0.5, 0.6) is 0 Å². The smallest absolute Gasteiger partial charge is 0.0139 e. The number of hydrogen-bond donors (Lipinski definition) is 1. The van der Waals surface area contributed by atoms with Crippen LogP contribution in [0, 0.1) is 5.92 Å². The Kier molecular flexibility index (Phi) is 5.49. The van der Waals surface area contributed by atoms with E-state index in [1.54, 1.807) is 0 Å². The highest BCUT2D eigenvalue weighted by Gasteiger charge is 2.16. The minimum atomic E-state index is 0.331. The van der Waals surface area contributed by atoms with E-state index in [4.69, 9.17) is 5.73 Å². The van der Waals surface area contributed by atoms with Gasteiger partial charge in [0, 0.05) is 12.6 Å². The van der Waals surface area contributed by atoms with Gasteiger partial charge in [-0.3, -0.25) is 0 Å². The molecule has 0 bridgehead atoms. The molecule has 1 aliphatic rings. The molecule has 1 fully saturated rings. The third-order valence-corrected chi connectivity index (χ3v) is 3.18. The summed E-state index contributed by atoms with van der Waals surface area (Å²) in [5.41, 5.74) is 5.83. The zero-order valence-electron chi connectivity index (χ0n) is 9.84. The molecule has 0 radical (unpaired) electrons. The first-order valence-electron chi connectivity index (χ1n) is 6.20. The van der Waals surface area contributed by atoms with Crippen molar-refractivity contribution in [2.24, 2.45) is 11.7 Å². The van der Waals surface area contributed by atoms with E-state index >= 15 is 0 Å². The van der Waals surface area contributed by atoms with Crippen molar-refractivity contribution in [1.82, 2.24) is 4.90 Å². The molecule has 2 atom stereocenters. The lowest BCUT2D eigenvalue weighted by molar-refractivity contribution is 0.266. The van der Waals surface area contributed by atoms with E-state index in [0.29, 0.717) is 6.04 Å². The monoisotopic (exact) mass is 198 g/mol. The Morgan fingerprint density at radius 2 is 2.14 bits per heavy atom. The fraction of sp³-hybridized carbons (Fsp3) is 1.00. The predicted octanol–water partition coefficient (Wildman–Crippen LogP) is 2.24. The molecule has 14 heavy (non-hydrogen) atoms. The molecule has 0 saturated carbocycles. The highest BCUT2D eigenvalue weighted by atomic mass is 15.1. The van der Waals surface area contributed by atoms with Gasteiger partial charge in [0.25, 0.3) is 0 Å². The summed E-state index contributed by atoms with van der Waals surface area (Å²) in [5, 5.41) is 0. The van der Waals surface area contributed by atoms with E-state index in [9.17, 15) is 0 Å². The Balaban J connectivity index is 2.25. The minimum absolute atomic E-state index is 0.331. The molecule has 1 unspecified atom stereocenters. The van der Waals surface area contributed by atoms with Crippen LogP contribution in [0.4, 0.5) is 0 Å². The van der Waals surface area contributed by atoms with Crippen LogP contribution in [-0.2, 0) is 0 Å². The number of hydrogen-bond acceptors (Lipinski definition) is 2. The maximum atomic E-state index is 5.83. The fourth-order valence-electron chi connectivity index (χ4n) is 2.51. The van der Waals surface area contributed by atoms with Crippen LogP contribution in [0.3, 0.4) is 0 Å². The van der Waals surface area contributed by atoms with Gasteiger partial charge in [-0.25, -0.2) is 0 Å². The average molecular weight is 198 g/mol. The van der Waals surface area contributed by atoms with Gasteiger partial charge >= 0.3 is 0 Å². The first-order chi connectivity index (χ1) is 6.72. The first kappa shape index (κ1) is 12.0. The quantitative estimate of drug-likeness (QED) is 0.750. The number of rotatable bonds is 4. The normalized spacial score (nSPS) is 27.2. The molecule has 0 aromatic rings. The van der Waals surface area contributed by atoms with E-state index in [0.717, 1.165) is 12.5 Å². The molecule has 2 N–H and O–H groups in total. The summed E-state index contributed by atoms with van der Waals surface area (Å²) in [6, 6.07) is 0.331. The highest BCUT2D eigenvalue weighted by Crippen LogP contribution is 2.21. The lowest BCUT2D eigenvalue weighted by atomic mass is 9.96. The van der Waals surface area contributed by atoms with Crippen LogP contribution in [0.2, 0.25) is 0 Å². The molecular weight excluding hydrogens is 172 g/mol. The summed E-state index contributed by atoms with van der Waals surface area (Å²) in [5.74, 6) is 0.984. The average Bonchev–Trinajstić information content (AvgIpc) is 2.31. The molecule has 0 amide bonds. The molecule has 0 aromatic heterocycles. The summed E-state index contributed by atoms with van der Waals surface area (Å²) < 4.78 is 0. The summed E-state index contributed by atoms with van der Waals surface area (Å²) >= 11 is 0. The van der Waals surface area contributed by atoms with Gasteiger partial charge in [-0.1, -0.05) is 19.8 Å². The second-order valence-electron chi connectivity index (χ2n) is 4.86. The van der Waals surface area contributed by atoms with Gasteiger partial charge in [0.2, 0.25) is 0 Å². The number of likely N-dealkylation sites (tertiary alicyclic amines) is 1. The van der Waals surface area contributed by atoms with Gasteiger partial charge in [0.05, 0.1) is 0 Å². The van der Waals surface area contributed by atoms with Crippen molar-refractivity contribution < 1.29 is 0 Å². The fourth-order valence-corrected chi connectivity index (χ4v) is 2.51. The number of nitrogens with zero attached hydrogens (tertiary/aromatic N) is 1. The Morgan fingerprint density at radius 3 is 2.79 bits per heavy atom. The van der Waals surface area contributed by atoms with Crippen LogP contribution in [-0.4, -0.2) is 30.6 Å². The van der Waals surface area contributed by atoms with E-state index in [2.05, 4.69) is 18.7 Å². The predicted molar refractivity (Wildman–Crippen MR) is 62.3 cm³/mol. The molecule has 1 saturated heterocycles. The molecule has 0 spiro atoms. The molecule has 2 nitrogen and oxygen atoms in total. The SMILES string of the molecule is CCCC1CCCN(C[C@H](C)N)CC1. The third kappa shape index (κ3) is 4.43. The molecule has 1 aliphatic heterocycles. The van der Waals surface area contributed by atoms with Gasteiger partial charge in [-0.2, -0.15) is 0 Å². The highest BCUT2D eigenvalue weighted by molar-refractivity contribution is 4.72. The maximum Gasteiger partial charge on any atom is 0.0139 e. The second-order valence-corrected chi connectivity index (χ2v) is 4.86. The van der Waals surface area contributed by atoms with E-state index in [1.807, 2.05) is 0 Å². The standard InChI is InChI=1S/C12H26N2/c1-3-5-12-6-4-8-14(9-7-12)10-11(2)13/h11-12H,3-10,13H2,1-2H3/t11-,12?/m0/s1. The van der Waals surface area contributed by atoms with Crippen LogP contribution in [0.25, 0.3) is 0 Å². The Hall–Kier alpha value is -0.0800.